The fraction of sp³-hybridized carbons (Fsp3) is 0.417. The molecule has 0 aromatic heterocycles. The third-order valence-corrected chi connectivity index (χ3v) is 4.51. The first-order chi connectivity index (χ1) is 8.08. The van der Waals surface area contributed by atoms with Crippen molar-refractivity contribution in [3.63, 3.8) is 0 Å². The van der Waals surface area contributed by atoms with E-state index < -0.39 is 5.97 Å². The molecule has 0 radical (unpaired) electrons. The topological polar surface area (TPSA) is 40.5 Å². The molecule has 2 rings (SSSR count). The molecule has 0 fully saturated rings. The summed E-state index contributed by atoms with van der Waals surface area (Å²) in [7, 11) is 1.87. The predicted molar refractivity (Wildman–Crippen MR) is 72.5 cm³/mol. The van der Waals surface area contributed by atoms with Gasteiger partial charge in [0.1, 0.15) is 0 Å². The molecule has 0 saturated heterocycles. The Morgan fingerprint density at radius 2 is 2.41 bits per heavy atom. The highest BCUT2D eigenvalue weighted by molar-refractivity contribution is 9.10. The van der Waals surface area contributed by atoms with Crippen molar-refractivity contribution in [1.29, 1.82) is 0 Å². The number of nitrogens with zero attached hydrogens (tertiary/aromatic N) is 1. The Morgan fingerprint density at radius 3 is 3.12 bits per heavy atom. The number of likely N-dealkylation sites (N-methyl/N-ethyl adjacent to an activating group) is 1. The lowest BCUT2D eigenvalue weighted by Crippen LogP contribution is -2.31. The zero-order chi connectivity index (χ0) is 12.4. The van der Waals surface area contributed by atoms with Gasteiger partial charge in [-0.3, -0.25) is 9.69 Å². The van der Waals surface area contributed by atoms with Gasteiger partial charge in [0.15, 0.2) is 0 Å². The predicted octanol–water partition coefficient (Wildman–Crippen LogP) is 3.00. The average Bonchev–Trinajstić information content (AvgIpc) is 2.27. The molecule has 3 nitrogen and oxygen atoms in total. The first kappa shape index (κ1) is 12.9. The molecule has 0 aliphatic carbocycles. The van der Waals surface area contributed by atoms with Crippen LogP contribution in [-0.2, 0) is 4.79 Å². The van der Waals surface area contributed by atoms with Crippen LogP contribution in [-0.4, -0.2) is 35.3 Å². The van der Waals surface area contributed by atoms with Crippen LogP contribution in [0.3, 0.4) is 0 Å². The molecule has 1 aliphatic heterocycles. The van der Waals surface area contributed by atoms with Crippen molar-refractivity contribution in [1.82, 2.24) is 4.90 Å². The lowest BCUT2D eigenvalue weighted by Gasteiger charge is -2.32. The monoisotopic (exact) mass is 315 g/mol. The van der Waals surface area contributed by atoms with E-state index in [1.165, 1.54) is 10.5 Å². The SMILES string of the molecule is CN(CC(=O)O)[C@H]1CCSc2ccc(Br)cc21. The van der Waals surface area contributed by atoms with Crippen LogP contribution in [0.2, 0.25) is 0 Å². The summed E-state index contributed by atoms with van der Waals surface area (Å²) in [6.07, 6.45) is 0.998. The largest absolute Gasteiger partial charge is 0.480 e. The molecular formula is C12H14BrNO2S. The number of fused-ring (bicyclic) bond motifs is 1. The highest BCUT2D eigenvalue weighted by Gasteiger charge is 2.25. The zero-order valence-corrected chi connectivity index (χ0v) is 11.9. The Balaban J connectivity index is 2.27. The average molecular weight is 316 g/mol. The van der Waals surface area contributed by atoms with E-state index in [0.29, 0.717) is 0 Å². The Hall–Kier alpha value is -0.520. The van der Waals surface area contributed by atoms with Crippen molar-refractivity contribution in [3.8, 4) is 0 Å². The van der Waals surface area contributed by atoms with E-state index >= 15 is 0 Å². The summed E-state index contributed by atoms with van der Waals surface area (Å²) in [5.41, 5.74) is 1.24. The molecule has 1 aliphatic rings. The number of benzene rings is 1. The maximum atomic E-state index is 10.8. The minimum atomic E-state index is -0.776. The Kier molecular flexibility index (Phi) is 4.12. The number of hydrogen-bond donors (Lipinski definition) is 1. The number of halogens is 1. The number of hydrogen-bond acceptors (Lipinski definition) is 3. The van der Waals surface area contributed by atoms with E-state index in [0.717, 1.165) is 16.6 Å². The quantitative estimate of drug-likeness (QED) is 0.931. The van der Waals surface area contributed by atoms with E-state index in [4.69, 9.17) is 5.11 Å². The van der Waals surface area contributed by atoms with Gasteiger partial charge in [-0.05, 0) is 43.0 Å². The van der Waals surface area contributed by atoms with Gasteiger partial charge in [0.25, 0.3) is 0 Å². The van der Waals surface area contributed by atoms with Crippen LogP contribution in [0, 0.1) is 0 Å². The maximum absolute atomic E-state index is 10.8. The van der Waals surface area contributed by atoms with Gasteiger partial charge in [-0.25, -0.2) is 0 Å². The third-order valence-electron chi connectivity index (χ3n) is 2.90. The Labute approximate surface area is 113 Å². The lowest BCUT2D eigenvalue weighted by molar-refractivity contribution is -0.138. The summed E-state index contributed by atoms with van der Waals surface area (Å²) in [6, 6.07) is 6.45. The lowest BCUT2D eigenvalue weighted by atomic mass is 10.0. The number of rotatable bonds is 3. The van der Waals surface area contributed by atoms with Gasteiger partial charge in [0.05, 0.1) is 6.54 Å². The number of carboxylic acid groups (broad SMARTS) is 1. The van der Waals surface area contributed by atoms with Gasteiger partial charge < -0.3 is 5.11 Å². The summed E-state index contributed by atoms with van der Waals surface area (Å²) >= 11 is 5.32. The van der Waals surface area contributed by atoms with Crippen LogP contribution < -0.4 is 0 Å². The van der Waals surface area contributed by atoms with E-state index in [2.05, 4.69) is 28.1 Å². The van der Waals surface area contributed by atoms with Crippen molar-refractivity contribution >= 4 is 33.7 Å². The molecule has 0 saturated carbocycles. The number of carbonyl (C=O) groups is 1. The first-order valence-electron chi connectivity index (χ1n) is 5.42. The van der Waals surface area contributed by atoms with Gasteiger partial charge in [0.2, 0.25) is 0 Å². The second kappa shape index (κ2) is 5.42. The van der Waals surface area contributed by atoms with Crippen LogP contribution in [0.5, 0.6) is 0 Å². The minimum absolute atomic E-state index is 0.0846. The Morgan fingerprint density at radius 1 is 1.65 bits per heavy atom. The van der Waals surface area contributed by atoms with Crippen molar-refractivity contribution in [2.75, 3.05) is 19.3 Å². The summed E-state index contributed by atoms with van der Waals surface area (Å²) in [5, 5.41) is 8.86. The molecule has 1 heterocycles. The number of thioether (sulfide) groups is 1. The van der Waals surface area contributed by atoms with Gasteiger partial charge in [-0.1, -0.05) is 15.9 Å². The normalized spacial score (nSPS) is 19.1. The summed E-state index contributed by atoms with van der Waals surface area (Å²) in [4.78, 5) is 14.0. The standard InChI is InChI=1S/C12H14BrNO2S/c1-14(7-12(15)16)10-4-5-17-11-3-2-8(13)6-9(10)11/h2-3,6,10H,4-5,7H2,1H3,(H,15,16)/t10-/m0/s1. The van der Waals surface area contributed by atoms with Crippen molar-refractivity contribution < 1.29 is 9.90 Å². The summed E-state index contributed by atoms with van der Waals surface area (Å²) in [5.74, 6) is 0.269. The van der Waals surface area contributed by atoms with E-state index in [9.17, 15) is 4.79 Å². The van der Waals surface area contributed by atoms with Crippen molar-refractivity contribution in [2.24, 2.45) is 0 Å². The highest BCUT2D eigenvalue weighted by atomic mass is 79.9. The van der Waals surface area contributed by atoms with Gasteiger partial charge >= 0.3 is 5.97 Å². The number of aliphatic carboxylic acids is 1. The minimum Gasteiger partial charge on any atom is -0.480 e. The molecule has 1 N–H and O–H groups in total. The maximum Gasteiger partial charge on any atom is 0.317 e. The van der Waals surface area contributed by atoms with E-state index in [1.54, 1.807) is 0 Å². The highest BCUT2D eigenvalue weighted by Crippen LogP contribution is 2.39. The van der Waals surface area contributed by atoms with E-state index in [1.807, 2.05) is 29.8 Å². The molecule has 0 amide bonds. The smallest absolute Gasteiger partial charge is 0.317 e. The Bertz CT molecular complexity index is 439. The second-order valence-corrected chi connectivity index (χ2v) is 6.20. The summed E-state index contributed by atoms with van der Waals surface area (Å²) < 4.78 is 1.05. The molecule has 1 aromatic carbocycles. The van der Waals surface area contributed by atoms with Crippen molar-refractivity contribution in [2.45, 2.75) is 17.4 Å². The van der Waals surface area contributed by atoms with Gasteiger partial charge in [-0.15, -0.1) is 11.8 Å². The zero-order valence-electron chi connectivity index (χ0n) is 9.52. The van der Waals surface area contributed by atoms with Crippen LogP contribution in [0.1, 0.15) is 18.0 Å². The molecule has 0 spiro atoms. The van der Waals surface area contributed by atoms with Gasteiger partial charge in [0, 0.05) is 15.4 Å². The molecule has 17 heavy (non-hydrogen) atoms. The van der Waals surface area contributed by atoms with Crippen LogP contribution in [0.4, 0.5) is 0 Å². The molecule has 1 aromatic rings. The molecule has 0 bridgehead atoms. The van der Waals surface area contributed by atoms with E-state index in [-0.39, 0.29) is 12.6 Å². The molecule has 1 atom stereocenters. The second-order valence-electron chi connectivity index (χ2n) is 4.14. The fourth-order valence-electron chi connectivity index (χ4n) is 2.13. The van der Waals surface area contributed by atoms with Crippen LogP contribution >= 0.6 is 27.7 Å². The van der Waals surface area contributed by atoms with Crippen LogP contribution in [0.15, 0.2) is 27.6 Å². The molecular weight excluding hydrogens is 302 g/mol. The third kappa shape index (κ3) is 3.03. The van der Waals surface area contributed by atoms with Crippen LogP contribution in [0.25, 0.3) is 0 Å². The fourth-order valence-corrected chi connectivity index (χ4v) is 3.59. The molecule has 0 unspecified atom stereocenters. The van der Waals surface area contributed by atoms with Crippen molar-refractivity contribution in [3.05, 3.63) is 28.2 Å². The first-order valence-corrected chi connectivity index (χ1v) is 7.20. The van der Waals surface area contributed by atoms with Gasteiger partial charge in [-0.2, -0.15) is 0 Å². The molecule has 92 valence electrons. The summed E-state index contributed by atoms with van der Waals surface area (Å²) in [6.45, 7) is 0.0846. The number of carboxylic acids is 1. The molecule has 5 heteroatoms.